The van der Waals surface area contributed by atoms with Gasteiger partial charge in [-0.3, -0.25) is 0 Å². The third-order valence-electron chi connectivity index (χ3n) is 5.19. The van der Waals surface area contributed by atoms with Gasteiger partial charge in [-0.05, 0) is 57.2 Å². The van der Waals surface area contributed by atoms with Gasteiger partial charge >= 0.3 is 12.1 Å². The SMILES string of the molecule is CC(C)(C)OC(=O)N1CCCC(C)(C)C1COc1ccc2c(c1)COC2=O. The molecular weight excluding hydrogens is 346 g/mol. The van der Waals surface area contributed by atoms with E-state index in [1.807, 2.05) is 26.8 Å². The van der Waals surface area contributed by atoms with Crippen molar-refractivity contribution in [1.82, 2.24) is 4.90 Å². The number of benzene rings is 1. The lowest BCUT2D eigenvalue weighted by Crippen LogP contribution is -2.56. The summed E-state index contributed by atoms with van der Waals surface area (Å²) in [4.78, 5) is 26.1. The molecule has 0 N–H and O–H groups in total. The number of cyclic esters (lactones) is 1. The predicted molar refractivity (Wildman–Crippen MR) is 101 cm³/mol. The number of piperidine rings is 1. The van der Waals surface area contributed by atoms with Crippen molar-refractivity contribution in [1.29, 1.82) is 0 Å². The zero-order valence-corrected chi connectivity index (χ0v) is 16.8. The van der Waals surface area contributed by atoms with Gasteiger partial charge in [0.1, 0.15) is 24.6 Å². The summed E-state index contributed by atoms with van der Waals surface area (Å²) in [5, 5.41) is 0. The molecule has 2 aliphatic rings. The maximum atomic E-state index is 12.7. The topological polar surface area (TPSA) is 65.1 Å². The Kier molecular flexibility index (Phi) is 5.10. The van der Waals surface area contributed by atoms with Gasteiger partial charge in [-0.25, -0.2) is 9.59 Å². The largest absolute Gasteiger partial charge is 0.491 e. The fourth-order valence-corrected chi connectivity index (χ4v) is 3.68. The number of hydrogen-bond acceptors (Lipinski definition) is 5. The van der Waals surface area contributed by atoms with Crippen LogP contribution in [0.3, 0.4) is 0 Å². The molecule has 1 aromatic rings. The standard InChI is InChI=1S/C21H29NO5/c1-20(2,3)27-19(24)22-10-6-9-21(4,5)17(22)13-25-15-7-8-16-14(11-15)12-26-18(16)23/h7-8,11,17H,6,9-10,12-13H2,1-5H3. The van der Waals surface area contributed by atoms with E-state index in [1.165, 1.54) is 0 Å². The van der Waals surface area contributed by atoms with E-state index in [0.29, 0.717) is 24.5 Å². The van der Waals surface area contributed by atoms with Gasteiger partial charge in [0.05, 0.1) is 11.6 Å². The van der Waals surface area contributed by atoms with Crippen LogP contribution in [0.2, 0.25) is 0 Å². The van der Waals surface area contributed by atoms with Crippen LogP contribution in [-0.4, -0.2) is 41.8 Å². The Balaban J connectivity index is 1.73. The van der Waals surface area contributed by atoms with Gasteiger partial charge in [0.15, 0.2) is 0 Å². The quantitative estimate of drug-likeness (QED) is 0.742. The molecule has 3 rings (SSSR count). The second kappa shape index (κ2) is 7.06. The molecule has 27 heavy (non-hydrogen) atoms. The van der Waals surface area contributed by atoms with Gasteiger partial charge in [0.2, 0.25) is 0 Å². The van der Waals surface area contributed by atoms with E-state index >= 15 is 0 Å². The van der Waals surface area contributed by atoms with E-state index in [1.54, 1.807) is 17.0 Å². The average Bonchev–Trinajstić information content (AvgIpc) is 2.92. The summed E-state index contributed by atoms with van der Waals surface area (Å²) in [5.41, 5.74) is 0.821. The molecule has 0 spiro atoms. The Morgan fingerprint density at radius 2 is 2.07 bits per heavy atom. The highest BCUT2D eigenvalue weighted by Crippen LogP contribution is 2.36. The molecule has 0 radical (unpaired) electrons. The van der Waals surface area contributed by atoms with Crippen molar-refractivity contribution in [2.45, 2.75) is 65.7 Å². The Morgan fingerprint density at radius 3 is 2.78 bits per heavy atom. The lowest BCUT2D eigenvalue weighted by atomic mass is 9.77. The number of amides is 1. The predicted octanol–water partition coefficient (Wildman–Crippen LogP) is 4.16. The molecule has 6 heteroatoms. The van der Waals surface area contributed by atoms with Crippen molar-refractivity contribution in [3.8, 4) is 5.75 Å². The highest BCUT2D eigenvalue weighted by Gasteiger charge is 2.42. The number of ether oxygens (including phenoxy) is 3. The molecule has 2 heterocycles. The molecule has 0 aromatic heterocycles. The number of rotatable bonds is 3. The molecule has 6 nitrogen and oxygen atoms in total. The van der Waals surface area contributed by atoms with Gasteiger partial charge in [-0.1, -0.05) is 13.8 Å². The average molecular weight is 375 g/mol. The molecule has 1 atom stereocenters. The van der Waals surface area contributed by atoms with Crippen LogP contribution in [-0.2, 0) is 16.1 Å². The first-order valence-corrected chi connectivity index (χ1v) is 9.49. The molecule has 148 valence electrons. The minimum absolute atomic E-state index is 0.0784. The molecule has 0 aliphatic carbocycles. The fourth-order valence-electron chi connectivity index (χ4n) is 3.68. The normalized spacial score (nSPS) is 21.4. The Morgan fingerprint density at radius 1 is 1.33 bits per heavy atom. The summed E-state index contributed by atoms with van der Waals surface area (Å²) in [6.07, 6.45) is 1.67. The number of carbonyl (C=O) groups is 2. The van der Waals surface area contributed by atoms with Crippen molar-refractivity contribution in [2.24, 2.45) is 5.41 Å². The summed E-state index contributed by atoms with van der Waals surface area (Å²) >= 11 is 0. The third-order valence-corrected chi connectivity index (χ3v) is 5.19. The molecular formula is C21H29NO5. The monoisotopic (exact) mass is 375 g/mol. The second-order valence-corrected chi connectivity index (χ2v) is 8.99. The maximum Gasteiger partial charge on any atom is 0.410 e. The zero-order chi connectivity index (χ0) is 19.8. The minimum atomic E-state index is -0.531. The van der Waals surface area contributed by atoms with Gasteiger partial charge in [-0.15, -0.1) is 0 Å². The van der Waals surface area contributed by atoms with Crippen LogP contribution >= 0.6 is 0 Å². The van der Waals surface area contributed by atoms with Crippen LogP contribution in [0.5, 0.6) is 5.75 Å². The van der Waals surface area contributed by atoms with E-state index in [0.717, 1.165) is 18.4 Å². The van der Waals surface area contributed by atoms with E-state index in [2.05, 4.69) is 13.8 Å². The first-order chi connectivity index (χ1) is 12.6. The molecule has 2 aliphatic heterocycles. The van der Waals surface area contributed by atoms with Crippen LogP contribution in [0.25, 0.3) is 0 Å². The molecule has 1 fully saturated rings. The van der Waals surface area contributed by atoms with Gasteiger partial charge < -0.3 is 19.1 Å². The van der Waals surface area contributed by atoms with Crippen molar-refractivity contribution in [3.05, 3.63) is 29.3 Å². The number of carbonyl (C=O) groups excluding carboxylic acids is 2. The van der Waals surface area contributed by atoms with E-state index in [9.17, 15) is 9.59 Å². The van der Waals surface area contributed by atoms with Crippen LogP contribution < -0.4 is 4.74 Å². The molecule has 0 saturated carbocycles. The van der Waals surface area contributed by atoms with Crippen molar-refractivity contribution >= 4 is 12.1 Å². The number of fused-ring (bicyclic) bond motifs is 1. The first-order valence-electron chi connectivity index (χ1n) is 9.49. The lowest BCUT2D eigenvalue weighted by Gasteiger charge is -2.46. The Hall–Kier alpha value is -2.24. The van der Waals surface area contributed by atoms with Crippen LogP contribution in [0, 0.1) is 5.41 Å². The summed E-state index contributed by atoms with van der Waals surface area (Å²) in [7, 11) is 0. The second-order valence-electron chi connectivity index (χ2n) is 8.99. The summed E-state index contributed by atoms with van der Waals surface area (Å²) in [6.45, 7) is 11.3. The number of likely N-dealkylation sites (tertiary alicyclic amines) is 1. The fraction of sp³-hybridized carbons (Fsp3) is 0.619. The molecule has 1 unspecified atom stereocenters. The zero-order valence-electron chi connectivity index (χ0n) is 16.8. The van der Waals surface area contributed by atoms with E-state index in [4.69, 9.17) is 14.2 Å². The minimum Gasteiger partial charge on any atom is -0.491 e. The van der Waals surface area contributed by atoms with Gasteiger partial charge in [0.25, 0.3) is 0 Å². The first kappa shape index (κ1) is 19.5. The van der Waals surface area contributed by atoms with Crippen molar-refractivity contribution in [3.63, 3.8) is 0 Å². The Bertz CT molecular complexity index is 735. The molecule has 1 aromatic carbocycles. The highest BCUT2D eigenvalue weighted by molar-refractivity contribution is 5.93. The summed E-state index contributed by atoms with van der Waals surface area (Å²) < 4.78 is 16.7. The summed E-state index contributed by atoms with van der Waals surface area (Å²) in [5.74, 6) is 0.388. The number of nitrogens with zero attached hydrogens (tertiary/aromatic N) is 1. The number of esters is 1. The molecule has 0 bridgehead atoms. The van der Waals surface area contributed by atoms with Crippen LogP contribution in [0.4, 0.5) is 4.79 Å². The van der Waals surface area contributed by atoms with Crippen molar-refractivity contribution < 1.29 is 23.8 Å². The van der Waals surface area contributed by atoms with Crippen LogP contribution in [0.1, 0.15) is 63.4 Å². The van der Waals surface area contributed by atoms with Crippen molar-refractivity contribution in [2.75, 3.05) is 13.2 Å². The van der Waals surface area contributed by atoms with Gasteiger partial charge in [0, 0.05) is 12.1 Å². The lowest BCUT2D eigenvalue weighted by molar-refractivity contribution is -0.0271. The van der Waals surface area contributed by atoms with Gasteiger partial charge in [-0.2, -0.15) is 0 Å². The highest BCUT2D eigenvalue weighted by atomic mass is 16.6. The number of hydrogen-bond donors (Lipinski definition) is 0. The van der Waals surface area contributed by atoms with Crippen LogP contribution in [0.15, 0.2) is 18.2 Å². The Labute approximate surface area is 160 Å². The smallest absolute Gasteiger partial charge is 0.410 e. The molecule has 1 amide bonds. The van der Waals surface area contributed by atoms with E-state index in [-0.39, 0.29) is 30.1 Å². The van der Waals surface area contributed by atoms with E-state index < -0.39 is 5.60 Å². The molecule has 1 saturated heterocycles. The third kappa shape index (κ3) is 4.37. The summed E-state index contributed by atoms with van der Waals surface area (Å²) in [6, 6.07) is 5.26. The maximum absolute atomic E-state index is 12.7.